The third kappa shape index (κ3) is 2.34. The van der Waals surface area contributed by atoms with Gasteiger partial charge in [0.1, 0.15) is 11.5 Å². The van der Waals surface area contributed by atoms with E-state index in [-0.39, 0.29) is 0 Å². The maximum Gasteiger partial charge on any atom is 0.136 e. The molecule has 100 valence electrons. The summed E-state index contributed by atoms with van der Waals surface area (Å²) in [5.41, 5.74) is 7.77. The van der Waals surface area contributed by atoms with E-state index in [9.17, 15) is 0 Å². The van der Waals surface area contributed by atoms with E-state index >= 15 is 0 Å². The summed E-state index contributed by atoms with van der Waals surface area (Å²) in [5.74, 6) is 1.58. The Balaban J connectivity index is 2.09. The number of nitrogens with two attached hydrogens (primary N) is 1. The van der Waals surface area contributed by atoms with Gasteiger partial charge < -0.3 is 10.5 Å². The highest BCUT2D eigenvalue weighted by molar-refractivity contribution is 9.10. The quantitative estimate of drug-likeness (QED) is 0.695. The van der Waals surface area contributed by atoms with Gasteiger partial charge in [0.05, 0.1) is 0 Å². The lowest BCUT2D eigenvalue weighted by Gasteiger charge is -2.12. The Morgan fingerprint density at radius 1 is 1.05 bits per heavy atom. The lowest BCUT2D eigenvalue weighted by Crippen LogP contribution is -1.92. The number of aromatic nitrogens is 1. The number of anilines is 1. The molecule has 1 heterocycles. The third-order valence-corrected chi connectivity index (χ3v) is 3.66. The van der Waals surface area contributed by atoms with E-state index in [0.29, 0.717) is 0 Å². The van der Waals surface area contributed by atoms with Gasteiger partial charge in [0.15, 0.2) is 0 Å². The van der Waals surface area contributed by atoms with Gasteiger partial charge in [-0.3, -0.25) is 4.98 Å². The Morgan fingerprint density at radius 2 is 1.85 bits per heavy atom. The molecule has 2 N–H and O–H groups in total. The molecule has 0 unspecified atom stereocenters. The second kappa shape index (κ2) is 5.13. The second-order valence-electron chi connectivity index (χ2n) is 4.59. The number of hydrogen-bond donors (Lipinski definition) is 1. The number of hydrogen-bond acceptors (Lipinski definition) is 3. The first-order chi connectivity index (χ1) is 9.65. The van der Waals surface area contributed by atoms with E-state index in [1.54, 1.807) is 12.4 Å². The van der Waals surface area contributed by atoms with Crippen LogP contribution in [0.3, 0.4) is 0 Å². The number of pyridine rings is 1. The van der Waals surface area contributed by atoms with Gasteiger partial charge in [-0.1, -0.05) is 15.9 Å². The van der Waals surface area contributed by atoms with Crippen LogP contribution in [0.25, 0.3) is 10.8 Å². The van der Waals surface area contributed by atoms with Crippen molar-refractivity contribution >= 4 is 32.4 Å². The molecule has 3 nitrogen and oxygen atoms in total. The molecule has 0 fully saturated rings. The van der Waals surface area contributed by atoms with E-state index in [1.807, 2.05) is 43.3 Å². The van der Waals surface area contributed by atoms with Gasteiger partial charge >= 0.3 is 0 Å². The minimum atomic E-state index is 0.724. The van der Waals surface area contributed by atoms with Gasteiger partial charge in [-0.15, -0.1) is 0 Å². The number of nitrogen functional groups attached to an aromatic ring is 1. The van der Waals surface area contributed by atoms with Crippen LogP contribution in [0, 0.1) is 6.92 Å². The Bertz CT molecular complexity index is 787. The molecule has 0 radical (unpaired) electrons. The summed E-state index contributed by atoms with van der Waals surface area (Å²) in [5, 5.41) is 1.86. The maximum absolute atomic E-state index is 6.02. The minimum Gasteiger partial charge on any atom is -0.456 e. The molecule has 0 saturated carbocycles. The number of ether oxygens (including phenoxy) is 1. The molecule has 3 aromatic rings. The van der Waals surface area contributed by atoms with Crippen molar-refractivity contribution in [3.05, 3.63) is 58.8 Å². The highest BCUT2D eigenvalue weighted by Crippen LogP contribution is 2.34. The fourth-order valence-corrected chi connectivity index (χ4v) is 2.60. The van der Waals surface area contributed by atoms with Crippen LogP contribution >= 0.6 is 15.9 Å². The van der Waals surface area contributed by atoms with E-state index in [1.165, 1.54) is 0 Å². The highest BCUT2D eigenvalue weighted by atomic mass is 79.9. The number of halogens is 1. The zero-order valence-electron chi connectivity index (χ0n) is 10.9. The van der Waals surface area contributed by atoms with Crippen LogP contribution in [0.1, 0.15) is 5.56 Å². The summed E-state index contributed by atoms with van der Waals surface area (Å²) < 4.78 is 7.05. The molecule has 0 spiro atoms. The predicted octanol–water partition coefficient (Wildman–Crippen LogP) is 4.68. The Kier molecular flexibility index (Phi) is 3.32. The molecule has 20 heavy (non-hydrogen) atoms. The average molecular weight is 329 g/mol. The van der Waals surface area contributed by atoms with Crippen LogP contribution in [0.2, 0.25) is 0 Å². The molecule has 0 saturated heterocycles. The number of fused-ring (bicyclic) bond motifs is 1. The molecule has 0 aliphatic rings. The number of aryl methyl sites for hydroxylation is 1. The molecule has 2 aromatic carbocycles. The first-order valence-corrected chi connectivity index (χ1v) is 7.00. The number of rotatable bonds is 2. The van der Waals surface area contributed by atoms with Crippen molar-refractivity contribution in [2.24, 2.45) is 0 Å². The molecule has 0 aliphatic carbocycles. The van der Waals surface area contributed by atoms with Crippen molar-refractivity contribution in [2.75, 3.05) is 5.73 Å². The van der Waals surface area contributed by atoms with Crippen LogP contribution in [-0.2, 0) is 0 Å². The van der Waals surface area contributed by atoms with Crippen molar-refractivity contribution < 1.29 is 4.74 Å². The third-order valence-electron chi connectivity index (χ3n) is 3.17. The van der Waals surface area contributed by atoms with Crippen LogP contribution in [0.15, 0.2) is 53.3 Å². The Morgan fingerprint density at radius 3 is 2.65 bits per heavy atom. The monoisotopic (exact) mass is 328 g/mol. The number of benzene rings is 2. The maximum atomic E-state index is 6.02. The molecular formula is C16H13BrN2O. The van der Waals surface area contributed by atoms with Crippen molar-refractivity contribution in [1.82, 2.24) is 4.98 Å². The van der Waals surface area contributed by atoms with Crippen molar-refractivity contribution in [3.8, 4) is 11.5 Å². The zero-order valence-corrected chi connectivity index (χ0v) is 12.5. The lowest BCUT2D eigenvalue weighted by molar-refractivity contribution is 0.484. The van der Waals surface area contributed by atoms with Crippen molar-refractivity contribution in [3.63, 3.8) is 0 Å². The predicted molar refractivity (Wildman–Crippen MR) is 85.1 cm³/mol. The van der Waals surface area contributed by atoms with Crippen LogP contribution in [0.5, 0.6) is 11.5 Å². The summed E-state index contributed by atoms with van der Waals surface area (Å²) in [7, 11) is 0. The smallest absolute Gasteiger partial charge is 0.136 e. The van der Waals surface area contributed by atoms with Crippen LogP contribution in [-0.4, -0.2) is 4.98 Å². The van der Waals surface area contributed by atoms with E-state index in [0.717, 1.165) is 38.0 Å². The van der Waals surface area contributed by atoms with Gasteiger partial charge in [-0.05, 0) is 48.9 Å². The van der Waals surface area contributed by atoms with Crippen molar-refractivity contribution in [1.29, 1.82) is 0 Å². The second-order valence-corrected chi connectivity index (χ2v) is 5.50. The number of nitrogens with zero attached hydrogens (tertiary/aromatic N) is 1. The van der Waals surface area contributed by atoms with Gasteiger partial charge in [0.25, 0.3) is 0 Å². The van der Waals surface area contributed by atoms with Gasteiger partial charge in [0.2, 0.25) is 0 Å². The van der Waals surface area contributed by atoms with Gasteiger partial charge in [0, 0.05) is 33.3 Å². The first kappa shape index (κ1) is 12.9. The first-order valence-electron chi connectivity index (χ1n) is 6.21. The highest BCUT2D eigenvalue weighted by Gasteiger charge is 2.08. The minimum absolute atomic E-state index is 0.724. The zero-order chi connectivity index (χ0) is 14.1. The SMILES string of the molecule is Cc1cc(Br)ccc1Oc1ccc(N)c2ccncc12. The molecule has 0 aliphatic heterocycles. The summed E-state index contributed by atoms with van der Waals surface area (Å²) >= 11 is 3.45. The molecule has 4 heteroatoms. The normalized spacial score (nSPS) is 10.7. The average Bonchev–Trinajstić information content (AvgIpc) is 2.45. The molecule has 3 rings (SSSR count). The molecule has 0 bridgehead atoms. The van der Waals surface area contributed by atoms with Gasteiger partial charge in [-0.25, -0.2) is 0 Å². The summed E-state index contributed by atoms with van der Waals surface area (Å²) in [6.07, 6.45) is 3.50. The summed E-state index contributed by atoms with van der Waals surface area (Å²) in [6, 6.07) is 11.5. The topological polar surface area (TPSA) is 48.1 Å². The molecule has 1 aromatic heterocycles. The van der Waals surface area contributed by atoms with E-state index in [2.05, 4.69) is 20.9 Å². The van der Waals surface area contributed by atoms with Crippen LogP contribution < -0.4 is 10.5 Å². The summed E-state index contributed by atoms with van der Waals surface area (Å²) in [6.45, 7) is 2.01. The molecule has 0 atom stereocenters. The fraction of sp³-hybridized carbons (Fsp3) is 0.0625. The van der Waals surface area contributed by atoms with E-state index in [4.69, 9.17) is 10.5 Å². The molecule has 0 amide bonds. The lowest BCUT2D eigenvalue weighted by atomic mass is 10.1. The Labute approximate surface area is 125 Å². The Hall–Kier alpha value is -2.07. The summed E-state index contributed by atoms with van der Waals surface area (Å²) in [4.78, 5) is 4.15. The fourth-order valence-electron chi connectivity index (χ4n) is 2.12. The van der Waals surface area contributed by atoms with Crippen LogP contribution in [0.4, 0.5) is 5.69 Å². The van der Waals surface area contributed by atoms with E-state index < -0.39 is 0 Å². The van der Waals surface area contributed by atoms with Crippen molar-refractivity contribution in [2.45, 2.75) is 6.92 Å². The molecular weight excluding hydrogens is 316 g/mol. The standard InChI is InChI=1S/C16H13BrN2O/c1-10-8-11(17)2-4-15(10)20-16-5-3-14(18)12-6-7-19-9-13(12)16/h2-9H,18H2,1H3. The largest absolute Gasteiger partial charge is 0.456 e. The van der Waals surface area contributed by atoms with Gasteiger partial charge in [-0.2, -0.15) is 0 Å².